The highest BCUT2D eigenvalue weighted by molar-refractivity contribution is 7.89. The van der Waals surface area contributed by atoms with E-state index in [2.05, 4.69) is 0 Å². The molecule has 1 amide bonds. The van der Waals surface area contributed by atoms with Crippen molar-refractivity contribution in [3.8, 4) is 11.5 Å². The molecule has 0 aliphatic carbocycles. The normalized spacial score (nSPS) is 16.0. The fourth-order valence-corrected chi connectivity index (χ4v) is 5.74. The molecule has 1 atom stereocenters. The number of nitrogens with zero attached hydrogens (tertiary/aromatic N) is 2. The molecule has 9 heteroatoms. The van der Waals surface area contributed by atoms with E-state index in [0.717, 1.165) is 24.0 Å². The van der Waals surface area contributed by atoms with Gasteiger partial charge >= 0.3 is 0 Å². The summed E-state index contributed by atoms with van der Waals surface area (Å²) < 4.78 is 44.5. The Morgan fingerprint density at radius 3 is 2.54 bits per heavy atom. The summed E-state index contributed by atoms with van der Waals surface area (Å²) in [5.74, 6) is 1.49. The number of benzene rings is 2. The van der Waals surface area contributed by atoms with Crippen LogP contribution in [0, 0.1) is 6.92 Å². The summed E-state index contributed by atoms with van der Waals surface area (Å²) in [6.07, 6.45) is 3.06. The summed E-state index contributed by atoms with van der Waals surface area (Å²) in [6.45, 7) is 2.09. The van der Waals surface area contributed by atoms with Gasteiger partial charge in [-0.15, -0.1) is 0 Å². The Kier molecular flexibility index (Phi) is 7.47. The van der Waals surface area contributed by atoms with Gasteiger partial charge in [0, 0.05) is 18.2 Å². The molecule has 0 radical (unpaired) electrons. The zero-order valence-corrected chi connectivity index (χ0v) is 21.0. The zero-order chi connectivity index (χ0) is 25.0. The fourth-order valence-electron chi connectivity index (χ4n) is 4.39. The Morgan fingerprint density at radius 2 is 1.89 bits per heavy atom. The molecule has 0 unspecified atom stereocenters. The molecule has 1 aliphatic heterocycles. The largest absolute Gasteiger partial charge is 0.497 e. The maximum Gasteiger partial charge on any atom is 0.243 e. The van der Waals surface area contributed by atoms with Crippen LogP contribution in [0.4, 0.5) is 0 Å². The second kappa shape index (κ2) is 10.5. The lowest BCUT2D eigenvalue weighted by Gasteiger charge is -2.29. The van der Waals surface area contributed by atoms with Gasteiger partial charge in [-0.2, -0.15) is 4.31 Å². The molecule has 8 nitrogen and oxygen atoms in total. The van der Waals surface area contributed by atoms with Crippen LogP contribution in [0.15, 0.2) is 70.2 Å². The maximum absolute atomic E-state index is 13.5. The monoisotopic (exact) mass is 498 g/mol. The van der Waals surface area contributed by atoms with Crippen molar-refractivity contribution in [3.63, 3.8) is 0 Å². The number of furan rings is 1. The molecule has 1 fully saturated rings. The number of carbonyl (C=O) groups is 1. The number of carbonyl (C=O) groups excluding carboxylic acids is 1. The van der Waals surface area contributed by atoms with E-state index in [1.54, 1.807) is 61.6 Å². The first-order valence-corrected chi connectivity index (χ1v) is 12.9. The highest BCUT2D eigenvalue weighted by atomic mass is 32.2. The third-order valence-corrected chi connectivity index (χ3v) is 8.06. The van der Waals surface area contributed by atoms with Crippen LogP contribution in [-0.2, 0) is 21.4 Å². The average molecular weight is 499 g/mol. The molecule has 4 rings (SSSR count). The molecule has 1 saturated heterocycles. The van der Waals surface area contributed by atoms with Gasteiger partial charge in [-0.3, -0.25) is 4.79 Å². The Balaban J connectivity index is 1.61. The van der Waals surface area contributed by atoms with Crippen LogP contribution >= 0.6 is 0 Å². The third kappa shape index (κ3) is 5.36. The van der Waals surface area contributed by atoms with Crippen LogP contribution in [0.3, 0.4) is 0 Å². The number of ether oxygens (including phenoxy) is 2. The van der Waals surface area contributed by atoms with Gasteiger partial charge in [-0.05, 0) is 56.2 Å². The van der Waals surface area contributed by atoms with Gasteiger partial charge in [0.05, 0.1) is 44.5 Å². The highest BCUT2D eigenvalue weighted by Gasteiger charge is 2.35. The number of amides is 1. The maximum atomic E-state index is 13.5. The van der Waals surface area contributed by atoms with E-state index in [9.17, 15) is 13.2 Å². The number of likely N-dealkylation sites (tertiary alicyclic amines) is 1. The molecule has 2 heterocycles. The van der Waals surface area contributed by atoms with E-state index >= 15 is 0 Å². The molecule has 3 aromatic rings. The average Bonchev–Trinajstić information content (AvgIpc) is 3.56. The number of hydrogen-bond donors (Lipinski definition) is 0. The number of sulfonamides is 1. The van der Waals surface area contributed by atoms with Crippen molar-refractivity contribution in [2.75, 3.05) is 27.3 Å². The molecule has 0 spiro atoms. The molecule has 0 saturated carbocycles. The third-order valence-electron chi connectivity index (χ3n) is 6.26. The first-order chi connectivity index (χ1) is 16.8. The molecule has 0 bridgehead atoms. The van der Waals surface area contributed by atoms with E-state index in [4.69, 9.17) is 13.9 Å². The quantitative estimate of drug-likeness (QED) is 0.440. The summed E-state index contributed by atoms with van der Waals surface area (Å²) in [7, 11) is -0.771. The summed E-state index contributed by atoms with van der Waals surface area (Å²) in [4.78, 5) is 15.4. The van der Waals surface area contributed by atoms with E-state index in [-0.39, 0.29) is 29.9 Å². The Hall–Kier alpha value is -3.30. The molecule has 1 aliphatic rings. The van der Waals surface area contributed by atoms with Crippen molar-refractivity contribution in [1.82, 2.24) is 9.21 Å². The van der Waals surface area contributed by atoms with Gasteiger partial charge in [-0.1, -0.05) is 17.7 Å². The second-order valence-corrected chi connectivity index (χ2v) is 10.5. The van der Waals surface area contributed by atoms with Crippen LogP contribution in [-0.4, -0.2) is 50.8 Å². The van der Waals surface area contributed by atoms with E-state index < -0.39 is 10.0 Å². The minimum absolute atomic E-state index is 0.0423. The molecule has 0 N–H and O–H groups in total. The molecule has 186 valence electrons. The Morgan fingerprint density at radius 1 is 1.11 bits per heavy atom. The van der Waals surface area contributed by atoms with Gasteiger partial charge in [0.1, 0.15) is 17.3 Å². The first kappa shape index (κ1) is 24.8. The summed E-state index contributed by atoms with van der Waals surface area (Å²) in [5.41, 5.74) is 1.82. The second-order valence-electron chi connectivity index (χ2n) is 8.52. The Bertz CT molecular complexity index is 1260. The van der Waals surface area contributed by atoms with Gasteiger partial charge in [0.25, 0.3) is 0 Å². The van der Waals surface area contributed by atoms with Crippen molar-refractivity contribution >= 4 is 15.9 Å². The standard InChI is InChI=1S/C26H30N2O6S/c1-19-8-11-22(12-9-19)35(30,31)27(17-21-6-5-15-34-21)18-26(29)28-14-4-7-24(28)23-13-10-20(32-2)16-25(23)33-3/h5-6,8-13,15-16,24H,4,7,14,17-18H2,1-3H3/t24-/m0/s1. The predicted octanol–water partition coefficient (Wildman–Crippen LogP) is 4.16. The summed E-state index contributed by atoms with van der Waals surface area (Å²) >= 11 is 0. The van der Waals surface area contributed by atoms with E-state index in [0.29, 0.717) is 23.8 Å². The summed E-state index contributed by atoms with van der Waals surface area (Å²) in [6, 6.07) is 15.3. The SMILES string of the molecule is COc1ccc([C@@H]2CCCN2C(=O)CN(Cc2ccco2)S(=O)(=O)c2ccc(C)cc2)c(OC)c1. The van der Waals surface area contributed by atoms with Crippen LogP contribution < -0.4 is 9.47 Å². The molecule has 1 aromatic heterocycles. The van der Waals surface area contributed by atoms with Crippen LogP contribution in [0.2, 0.25) is 0 Å². The van der Waals surface area contributed by atoms with Gasteiger partial charge < -0.3 is 18.8 Å². The number of aryl methyl sites for hydroxylation is 1. The lowest BCUT2D eigenvalue weighted by atomic mass is 10.0. The number of hydrogen-bond acceptors (Lipinski definition) is 6. The van der Waals surface area contributed by atoms with Crippen LogP contribution in [0.5, 0.6) is 11.5 Å². The van der Waals surface area contributed by atoms with Gasteiger partial charge in [0.15, 0.2) is 0 Å². The zero-order valence-electron chi connectivity index (χ0n) is 20.1. The van der Waals surface area contributed by atoms with E-state index in [1.807, 2.05) is 19.1 Å². The lowest BCUT2D eigenvalue weighted by Crippen LogP contribution is -2.42. The van der Waals surface area contributed by atoms with Crippen LogP contribution in [0.25, 0.3) is 0 Å². The lowest BCUT2D eigenvalue weighted by molar-refractivity contribution is -0.132. The predicted molar refractivity (Wildman–Crippen MR) is 131 cm³/mol. The number of methoxy groups -OCH3 is 2. The minimum Gasteiger partial charge on any atom is -0.497 e. The highest BCUT2D eigenvalue weighted by Crippen LogP contribution is 2.39. The van der Waals surface area contributed by atoms with Gasteiger partial charge in [-0.25, -0.2) is 8.42 Å². The minimum atomic E-state index is -3.94. The molecular formula is C26H30N2O6S. The molecule has 2 aromatic carbocycles. The smallest absolute Gasteiger partial charge is 0.243 e. The molecular weight excluding hydrogens is 468 g/mol. The summed E-state index contributed by atoms with van der Waals surface area (Å²) in [5, 5.41) is 0. The Labute approximate surface area is 206 Å². The first-order valence-electron chi connectivity index (χ1n) is 11.4. The van der Waals surface area contributed by atoms with Crippen molar-refractivity contribution in [2.24, 2.45) is 0 Å². The van der Waals surface area contributed by atoms with E-state index in [1.165, 1.54) is 10.6 Å². The molecule has 35 heavy (non-hydrogen) atoms. The van der Waals surface area contributed by atoms with Crippen molar-refractivity contribution in [2.45, 2.75) is 37.2 Å². The fraction of sp³-hybridized carbons (Fsp3) is 0.346. The topological polar surface area (TPSA) is 89.3 Å². The van der Waals surface area contributed by atoms with Crippen LogP contribution in [0.1, 0.15) is 35.8 Å². The van der Waals surface area contributed by atoms with Crippen molar-refractivity contribution in [1.29, 1.82) is 0 Å². The number of rotatable bonds is 9. The van der Waals surface area contributed by atoms with Crippen molar-refractivity contribution < 1.29 is 27.1 Å². The van der Waals surface area contributed by atoms with Gasteiger partial charge in [0.2, 0.25) is 15.9 Å². The van der Waals surface area contributed by atoms with Crippen molar-refractivity contribution in [3.05, 3.63) is 77.7 Å².